The van der Waals surface area contributed by atoms with Gasteiger partial charge in [0.25, 0.3) is 5.91 Å². The van der Waals surface area contributed by atoms with Gasteiger partial charge in [-0.2, -0.15) is 5.10 Å². The van der Waals surface area contributed by atoms with Crippen LogP contribution in [0, 0.1) is 5.41 Å². The summed E-state index contributed by atoms with van der Waals surface area (Å²) in [5.74, 6) is 1.25. The minimum Gasteiger partial charge on any atom is -0.497 e. The van der Waals surface area contributed by atoms with Crippen LogP contribution >= 0.6 is 0 Å². The van der Waals surface area contributed by atoms with Crippen molar-refractivity contribution in [1.29, 1.82) is 0 Å². The molecule has 2 aliphatic rings. The first-order chi connectivity index (χ1) is 19.2. The predicted octanol–water partition coefficient (Wildman–Crippen LogP) is 3.98. The van der Waals surface area contributed by atoms with Crippen molar-refractivity contribution in [2.75, 3.05) is 60.2 Å². The highest BCUT2D eigenvalue weighted by molar-refractivity contribution is 6.03. The number of hydrogen-bond donors (Lipinski definition) is 0. The number of nitrogens with zero attached hydrogens (tertiary/aromatic N) is 4. The Hall–Kier alpha value is -3.43. The molecule has 1 unspecified atom stereocenters. The van der Waals surface area contributed by atoms with Crippen molar-refractivity contribution in [3.63, 3.8) is 0 Å². The summed E-state index contributed by atoms with van der Waals surface area (Å²) in [6.45, 7) is 10.3. The minimum absolute atomic E-state index is 0.0219. The number of benzene rings is 2. The van der Waals surface area contributed by atoms with Gasteiger partial charge in [0.15, 0.2) is 0 Å². The van der Waals surface area contributed by atoms with Crippen LogP contribution in [0.5, 0.6) is 11.5 Å². The average molecular weight is 551 g/mol. The lowest BCUT2D eigenvalue weighted by Gasteiger charge is -2.32. The molecular formula is C31H42N4O5. The number of carbonyl (C=O) groups is 2. The highest BCUT2D eigenvalue weighted by Gasteiger charge is 2.35. The third-order valence-electron chi connectivity index (χ3n) is 7.22. The van der Waals surface area contributed by atoms with Crippen LogP contribution in [-0.4, -0.2) is 92.5 Å². The van der Waals surface area contributed by atoms with E-state index in [0.717, 1.165) is 41.4 Å². The number of amides is 2. The standard InChI is InChI=1S/C31H42N4O5/c1-31(2,3)21-29(36)34(14-13-33-15-17-40-18-16-33)22-30(37)35-28(23-9-11-25(38-4)12-10-23)20-27(32-35)24-7-6-8-26(19-24)39-5/h6-12,19,28H,13-18,20-22H2,1-5H3. The summed E-state index contributed by atoms with van der Waals surface area (Å²) in [6, 6.07) is 15.1. The van der Waals surface area contributed by atoms with E-state index in [1.807, 2.05) is 69.3 Å². The molecule has 9 heteroatoms. The van der Waals surface area contributed by atoms with E-state index in [0.29, 0.717) is 39.1 Å². The quantitative estimate of drug-likeness (QED) is 0.445. The molecule has 2 aliphatic heterocycles. The van der Waals surface area contributed by atoms with E-state index < -0.39 is 0 Å². The smallest absolute Gasteiger partial charge is 0.262 e. The largest absolute Gasteiger partial charge is 0.497 e. The van der Waals surface area contributed by atoms with Crippen molar-refractivity contribution in [2.45, 2.75) is 39.7 Å². The fraction of sp³-hybridized carbons (Fsp3) is 0.516. The van der Waals surface area contributed by atoms with Gasteiger partial charge in [-0.1, -0.05) is 45.0 Å². The fourth-order valence-electron chi connectivity index (χ4n) is 4.98. The molecule has 9 nitrogen and oxygen atoms in total. The van der Waals surface area contributed by atoms with Crippen LogP contribution in [0.2, 0.25) is 0 Å². The number of ether oxygens (including phenoxy) is 3. The van der Waals surface area contributed by atoms with E-state index in [2.05, 4.69) is 4.90 Å². The van der Waals surface area contributed by atoms with Crippen molar-refractivity contribution >= 4 is 17.5 Å². The molecule has 40 heavy (non-hydrogen) atoms. The third kappa shape index (κ3) is 7.82. The molecule has 1 fully saturated rings. The number of methoxy groups -OCH3 is 2. The zero-order chi connectivity index (χ0) is 28.7. The van der Waals surface area contributed by atoms with Crippen molar-refractivity contribution in [2.24, 2.45) is 10.5 Å². The molecule has 0 spiro atoms. The number of hydrazone groups is 1. The minimum atomic E-state index is -0.293. The van der Waals surface area contributed by atoms with E-state index >= 15 is 0 Å². The van der Waals surface area contributed by atoms with Crippen molar-refractivity contribution in [1.82, 2.24) is 14.8 Å². The lowest BCUT2D eigenvalue weighted by molar-refractivity contribution is -0.142. The van der Waals surface area contributed by atoms with Crippen LogP contribution in [0.3, 0.4) is 0 Å². The van der Waals surface area contributed by atoms with E-state index in [1.165, 1.54) is 0 Å². The fourth-order valence-corrected chi connectivity index (χ4v) is 4.98. The van der Waals surface area contributed by atoms with Gasteiger partial charge >= 0.3 is 0 Å². The Morgan fingerprint density at radius 3 is 2.38 bits per heavy atom. The van der Waals surface area contributed by atoms with Gasteiger partial charge in [0.1, 0.15) is 18.0 Å². The third-order valence-corrected chi connectivity index (χ3v) is 7.22. The highest BCUT2D eigenvalue weighted by Crippen LogP contribution is 2.34. The molecule has 0 aliphatic carbocycles. The molecular weight excluding hydrogens is 508 g/mol. The van der Waals surface area contributed by atoms with Gasteiger partial charge in [0.05, 0.1) is 39.2 Å². The van der Waals surface area contributed by atoms with E-state index in [9.17, 15) is 9.59 Å². The average Bonchev–Trinajstić information content (AvgIpc) is 3.40. The van der Waals surface area contributed by atoms with Crippen molar-refractivity contribution in [3.05, 3.63) is 59.7 Å². The molecule has 2 aromatic carbocycles. The molecule has 4 rings (SSSR count). The SMILES string of the molecule is COc1ccc(C2CC(c3cccc(OC)c3)=NN2C(=O)CN(CCN2CCOCC2)C(=O)CC(C)(C)C)cc1. The van der Waals surface area contributed by atoms with Gasteiger partial charge in [-0.05, 0) is 35.2 Å². The summed E-state index contributed by atoms with van der Waals surface area (Å²) in [6.07, 6.45) is 0.915. The van der Waals surface area contributed by atoms with E-state index in [-0.39, 0.29) is 29.8 Å². The lowest BCUT2D eigenvalue weighted by atomic mass is 9.91. The Labute approximate surface area is 237 Å². The van der Waals surface area contributed by atoms with Gasteiger partial charge in [0.2, 0.25) is 5.91 Å². The summed E-state index contributed by atoms with van der Waals surface area (Å²) in [5.41, 5.74) is 2.47. The zero-order valence-electron chi connectivity index (χ0n) is 24.4. The van der Waals surface area contributed by atoms with Crippen LogP contribution in [0.1, 0.15) is 50.8 Å². The molecule has 2 heterocycles. The van der Waals surface area contributed by atoms with Crippen LogP contribution in [-0.2, 0) is 14.3 Å². The van der Waals surface area contributed by atoms with Gasteiger partial charge in [-0.15, -0.1) is 0 Å². The van der Waals surface area contributed by atoms with E-state index in [4.69, 9.17) is 19.3 Å². The lowest BCUT2D eigenvalue weighted by Crippen LogP contribution is -2.47. The molecule has 0 saturated carbocycles. The summed E-state index contributed by atoms with van der Waals surface area (Å²) in [5, 5.41) is 6.38. The van der Waals surface area contributed by atoms with Gasteiger partial charge in [0, 0.05) is 44.6 Å². The Kier molecular flexibility index (Phi) is 9.81. The van der Waals surface area contributed by atoms with E-state index in [1.54, 1.807) is 24.1 Å². The number of morpholine rings is 1. The molecule has 2 amide bonds. The van der Waals surface area contributed by atoms with Crippen LogP contribution in [0.25, 0.3) is 0 Å². The first kappa shape index (κ1) is 29.6. The van der Waals surface area contributed by atoms with Crippen molar-refractivity contribution in [3.8, 4) is 11.5 Å². The molecule has 1 saturated heterocycles. The number of rotatable bonds is 10. The Morgan fingerprint density at radius 2 is 1.73 bits per heavy atom. The van der Waals surface area contributed by atoms with Crippen molar-refractivity contribution < 1.29 is 23.8 Å². The molecule has 0 N–H and O–H groups in total. The number of hydrogen-bond acceptors (Lipinski definition) is 7. The maximum atomic E-state index is 13.9. The van der Waals surface area contributed by atoms with Gasteiger partial charge in [-0.25, -0.2) is 5.01 Å². The maximum absolute atomic E-state index is 13.9. The second-order valence-corrected chi connectivity index (χ2v) is 11.5. The van der Waals surface area contributed by atoms with Crippen LogP contribution < -0.4 is 9.47 Å². The first-order valence-electron chi connectivity index (χ1n) is 13.9. The first-order valence-corrected chi connectivity index (χ1v) is 13.9. The monoisotopic (exact) mass is 550 g/mol. The summed E-state index contributed by atoms with van der Waals surface area (Å²) in [7, 11) is 3.26. The van der Waals surface area contributed by atoms with Gasteiger partial charge in [-0.3, -0.25) is 14.5 Å². The molecule has 0 aromatic heterocycles. The topological polar surface area (TPSA) is 83.9 Å². The summed E-state index contributed by atoms with van der Waals surface area (Å²) < 4.78 is 16.2. The highest BCUT2D eigenvalue weighted by atomic mass is 16.5. The molecule has 0 radical (unpaired) electrons. The van der Waals surface area contributed by atoms with Gasteiger partial charge < -0.3 is 19.1 Å². The second kappa shape index (κ2) is 13.3. The summed E-state index contributed by atoms with van der Waals surface area (Å²) >= 11 is 0. The maximum Gasteiger partial charge on any atom is 0.262 e. The molecule has 1 atom stereocenters. The second-order valence-electron chi connectivity index (χ2n) is 11.5. The molecule has 2 aromatic rings. The zero-order valence-corrected chi connectivity index (χ0v) is 24.4. The Morgan fingerprint density at radius 1 is 1.02 bits per heavy atom. The number of carbonyl (C=O) groups excluding carboxylic acids is 2. The van der Waals surface area contributed by atoms with Crippen LogP contribution in [0.15, 0.2) is 53.6 Å². The molecule has 216 valence electrons. The predicted molar refractivity (Wildman–Crippen MR) is 155 cm³/mol. The summed E-state index contributed by atoms with van der Waals surface area (Å²) in [4.78, 5) is 31.3. The van der Waals surface area contributed by atoms with Crippen LogP contribution in [0.4, 0.5) is 0 Å². The molecule has 0 bridgehead atoms. The Bertz CT molecular complexity index is 1180. The normalized spacial score (nSPS) is 17.9. The Balaban J connectivity index is 1.59.